The molecule has 0 saturated heterocycles. The average Bonchev–Trinajstić information content (AvgIpc) is 3.19. The Morgan fingerprint density at radius 1 is 0.694 bits per heavy atom. The summed E-state index contributed by atoms with van der Waals surface area (Å²) in [4.78, 5) is 5.35. The number of aliphatic imine (C=N–C) groups is 1. The predicted molar refractivity (Wildman–Crippen MR) is 160 cm³/mol. The maximum absolute atomic E-state index is 4.09. The Kier molecular flexibility index (Phi) is 12.5. The Bertz CT molecular complexity index is 1170. The monoisotopic (exact) mass is 518 g/mol. The van der Waals surface area contributed by atoms with E-state index in [-0.39, 0.29) is 37.7 Å². The van der Waals surface area contributed by atoms with E-state index in [0.717, 1.165) is 13.0 Å². The fraction of sp³-hybridized carbons (Fsp3) is 0.156. The Morgan fingerprint density at radius 2 is 1.22 bits per heavy atom. The Morgan fingerprint density at radius 3 is 1.83 bits per heavy atom. The van der Waals surface area contributed by atoms with Crippen LogP contribution in [-0.2, 0) is 0 Å². The van der Waals surface area contributed by atoms with Crippen molar-refractivity contribution >= 4 is 55.7 Å². The second-order valence-corrected chi connectivity index (χ2v) is 9.42. The average molecular weight is 519 g/mol. The van der Waals surface area contributed by atoms with Gasteiger partial charge in [0.05, 0.1) is 0 Å². The molecule has 1 unspecified atom stereocenters. The zero-order valence-corrected chi connectivity index (χ0v) is 20.9. The molecule has 0 fully saturated rings. The summed E-state index contributed by atoms with van der Waals surface area (Å²) in [5, 5.41) is 5.66. The molecule has 0 aromatic heterocycles. The molecule has 0 bridgehead atoms. The van der Waals surface area contributed by atoms with Crippen LogP contribution in [0.1, 0.15) is 47.6 Å². The fourth-order valence-corrected chi connectivity index (χ4v) is 4.85. The fourth-order valence-electron chi connectivity index (χ4n) is 4.16. The molecule has 0 saturated carbocycles. The van der Waals surface area contributed by atoms with Crippen molar-refractivity contribution in [3.05, 3.63) is 149 Å². The molecule has 0 amide bonds. The van der Waals surface area contributed by atoms with Crippen LogP contribution in [0, 0.1) is 0 Å². The summed E-state index contributed by atoms with van der Waals surface area (Å²) in [5.74, 6) is 0.433. The molecule has 5 rings (SSSR count). The van der Waals surface area contributed by atoms with Gasteiger partial charge < -0.3 is 5.32 Å². The number of hydrogen-bond acceptors (Lipinski definition) is 3. The third-order valence-corrected chi connectivity index (χ3v) is 6.95. The van der Waals surface area contributed by atoms with Crippen LogP contribution >= 0.6 is 11.8 Å². The molecular formula is C32H34CaN2S. The first-order valence-electron chi connectivity index (χ1n) is 12.1. The van der Waals surface area contributed by atoms with Gasteiger partial charge in [-0.15, -0.1) is 0 Å². The first kappa shape index (κ1) is 28.4. The number of fused-ring (bicyclic) bond motifs is 1. The van der Waals surface area contributed by atoms with Crippen LogP contribution in [0.15, 0.2) is 137 Å². The van der Waals surface area contributed by atoms with Gasteiger partial charge in [-0.2, -0.15) is 0 Å². The molecule has 4 heteroatoms. The molecular weight excluding hydrogens is 485 g/mol. The summed E-state index contributed by atoms with van der Waals surface area (Å²) < 4.78 is 0. The van der Waals surface area contributed by atoms with E-state index in [1.54, 1.807) is 11.8 Å². The van der Waals surface area contributed by atoms with Gasteiger partial charge in [0, 0.05) is 34.8 Å². The first-order chi connectivity index (χ1) is 17.3. The van der Waals surface area contributed by atoms with Crippen molar-refractivity contribution in [2.75, 3.05) is 6.54 Å². The summed E-state index contributed by atoms with van der Waals surface area (Å²) >= 11 is 1.70. The summed E-state index contributed by atoms with van der Waals surface area (Å²) in [6, 6.07) is 40.9. The Hall–Kier alpha value is -2.14. The summed E-state index contributed by atoms with van der Waals surface area (Å²) in [6.07, 6.45) is 4.78. The van der Waals surface area contributed by atoms with Crippen molar-refractivity contribution in [1.82, 2.24) is 5.32 Å². The molecule has 0 spiro atoms. The van der Waals surface area contributed by atoms with Crippen LogP contribution in [0.5, 0.6) is 0 Å². The van der Waals surface area contributed by atoms with Crippen LogP contribution in [0.25, 0.3) is 0 Å². The van der Waals surface area contributed by atoms with Crippen molar-refractivity contribution in [2.24, 2.45) is 4.99 Å². The predicted octanol–water partition coefficient (Wildman–Crippen LogP) is 7.33. The van der Waals surface area contributed by atoms with Gasteiger partial charge in [-0.3, -0.25) is 4.99 Å². The van der Waals surface area contributed by atoms with Gasteiger partial charge in [0.15, 0.2) is 0 Å². The van der Waals surface area contributed by atoms with Gasteiger partial charge in [0.1, 0.15) is 0 Å². The van der Waals surface area contributed by atoms with Gasteiger partial charge >= 0.3 is 37.7 Å². The van der Waals surface area contributed by atoms with Gasteiger partial charge in [0.2, 0.25) is 0 Å². The number of nitrogens with one attached hydrogen (secondary N) is 1. The molecule has 1 N–H and O–H groups in total. The second kappa shape index (κ2) is 15.9. The molecule has 4 aromatic rings. The van der Waals surface area contributed by atoms with Crippen LogP contribution in [0.4, 0.5) is 0 Å². The van der Waals surface area contributed by atoms with Gasteiger partial charge in [-0.05, 0) is 48.1 Å². The van der Waals surface area contributed by atoms with Crippen molar-refractivity contribution in [2.45, 2.75) is 30.2 Å². The molecule has 1 heterocycles. The zero-order chi connectivity index (χ0) is 24.1. The van der Waals surface area contributed by atoms with Crippen LogP contribution in [0.3, 0.4) is 0 Å². The molecule has 36 heavy (non-hydrogen) atoms. The van der Waals surface area contributed by atoms with Gasteiger partial charge in [-0.25, -0.2) is 0 Å². The van der Waals surface area contributed by atoms with Crippen LogP contribution < -0.4 is 5.32 Å². The summed E-state index contributed by atoms with van der Waals surface area (Å²) in [7, 11) is 0. The topological polar surface area (TPSA) is 24.4 Å². The minimum absolute atomic E-state index is 0. The van der Waals surface area contributed by atoms with E-state index >= 15 is 0 Å². The van der Waals surface area contributed by atoms with E-state index in [9.17, 15) is 0 Å². The minimum atomic E-state index is 0. The number of hydrogen-bond donors (Lipinski definition) is 1. The molecule has 1 atom stereocenters. The Balaban J connectivity index is 0.000000251. The molecule has 0 aliphatic carbocycles. The van der Waals surface area contributed by atoms with E-state index < -0.39 is 0 Å². The number of rotatable bonds is 7. The van der Waals surface area contributed by atoms with Crippen molar-refractivity contribution in [3.63, 3.8) is 0 Å². The van der Waals surface area contributed by atoms with Gasteiger partial charge in [0.25, 0.3) is 0 Å². The van der Waals surface area contributed by atoms with E-state index in [2.05, 4.69) is 120 Å². The summed E-state index contributed by atoms with van der Waals surface area (Å²) in [6.45, 7) is 3.22. The standard InChI is InChI=1S/C23H25N.C9H7NS.Ca.2H/c1-19(20-11-5-2-6-12-20)24-18-17-23(21-13-7-3-8-14-21)22-15-9-4-10-16-22;1-2-4-9-8(3-1)7-10-5-6-11-9;;;/h2-16,19,23-24H,17-18H2,1H3;1-7H;;;. The third kappa shape index (κ3) is 8.76. The maximum atomic E-state index is 4.09. The van der Waals surface area contributed by atoms with Crippen molar-refractivity contribution < 1.29 is 0 Å². The van der Waals surface area contributed by atoms with Crippen LogP contribution in [0.2, 0.25) is 0 Å². The quantitative estimate of drug-likeness (QED) is 0.259. The molecule has 1 aliphatic rings. The first-order valence-corrected chi connectivity index (χ1v) is 13.0. The van der Waals surface area contributed by atoms with Crippen molar-refractivity contribution in [1.29, 1.82) is 0 Å². The normalized spacial score (nSPS) is 12.5. The van der Waals surface area contributed by atoms with E-state index in [4.69, 9.17) is 0 Å². The zero-order valence-electron chi connectivity index (χ0n) is 20.1. The molecule has 2 nitrogen and oxygen atoms in total. The summed E-state index contributed by atoms with van der Waals surface area (Å²) in [5.41, 5.74) is 5.31. The van der Waals surface area contributed by atoms with Crippen LogP contribution in [-0.4, -0.2) is 50.5 Å². The SMILES string of the molecule is C1=CSc2ccccc2C=N1.CC(NCCC(c1ccccc1)c1ccccc1)c1ccccc1.[CaH2]. The number of thioether (sulfide) groups is 1. The molecule has 180 valence electrons. The third-order valence-electron chi connectivity index (χ3n) is 6.06. The molecule has 4 aromatic carbocycles. The molecule has 0 radical (unpaired) electrons. The van der Waals surface area contributed by atoms with E-state index in [1.165, 1.54) is 27.1 Å². The van der Waals surface area contributed by atoms with E-state index in [0.29, 0.717) is 12.0 Å². The van der Waals surface area contributed by atoms with E-state index in [1.807, 2.05) is 30.0 Å². The van der Waals surface area contributed by atoms with Crippen molar-refractivity contribution in [3.8, 4) is 0 Å². The number of benzene rings is 4. The molecule has 1 aliphatic heterocycles. The Labute approximate surface area is 250 Å². The second-order valence-electron chi connectivity index (χ2n) is 8.47. The number of nitrogens with zero attached hydrogens (tertiary/aromatic N) is 1. The van der Waals surface area contributed by atoms with Gasteiger partial charge in [-0.1, -0.05) is 121 Å².